The first-order chi connectivity index (χ1) is 7.55. The third-order valence-electron chi connectivity index (χ3n) is 2.93. The van der Waals surface area contributed by atoms with E-state index in [1.54, 1.807) is 0 Å². The van der Waals surface area contributed by atoms with Crippen molar-refractivity contribution < 1.29 is 8.42 Å². The van der Waals surface area contributed by atoms with E-state index >= 15 is 0 Å². The molecule has 16 heavy (non-hydrogen) atoms. The third-order valence-corrected chi connectivity index (χ3v) is 4.53. The van der Waals surface area contributed by atoms with Gasteiger partial charge in [-0.15, -0.1) is 0 Å². The highest BCUT2D eigenvalue weighted by molar-refractivity contribution is 7.91. The van der Waals surface area contributed by atoms with Gasteiger partial charge >= 0.3 is 0 Å². The van der Waals surface area contributed by atoms with E-state index in [1.165, 1.54) is 11.1 Å². The van der Waals surface area contributed by atoms with E-state index < -0.39 is 9.84 Å². The molecule has 0 spiro atoms. The zero-order chi connectivity index (χ0) is 11.6. The average molecular weight is 239 g/mol. The summed E-state index contributed by atoms with van der Waals surface area (Å²) < 4.78 is 22.6. The minimum absolute atomic E-state index is 0.304. The first kappa shape index (κ1) is 11.6. The Morgan fingerprint density at radius 3 is 2.56 bits per heavy atom. The van der Waals surface area contributed by atoms with Gasteiger partial charge < -0.3 is 0 Å². The van der Waals surface area contributed by atoms with Crippen LogP contribution in [0.4, 0.5) is 0 Å². The van der Waals surface area contributed by atoms with Crippen LogP contribution in [-0.4, -0.2) is 37.9 Å². The molecule has 0 N–H and O–H groups in total. The lowest BCUT2D eigenvalue weighted by atomic mass is 10.1. The zero-order valence-electron chi connectivity index (χ0n) is 9.52. The second-order valence-corrected chi connectivity index (χ2v) is 6.72. The fourth-order valence-corrected chi connectivity index (χ4v) is 3.25. The second kappa shape index (κ2) is 4.55. The van der Waals surface area contributed by atoms with Crippen LogP contribution < -0.4 is 0 Å². The number of hydrogen-bond donors (Lipinski definition) is 0. The van der Waals surface area contributed by atoms with Gasteiger partial charge in [0.25, 0.3) is 0 Å². The molecule has 0 aliphatic carbocycles. The Bertz CT molecular complexity index is 454. The van der Waals surface area contributed by atoms with E-state index in [1.807, 2.05) is 6.07 Å². The Morgan fingerprint density at radius 1 is 1.25 bits per heavy atom. The number of benzene rings is 1. The van der Waals surface area contributed by atoms with Gasteiger partial charge in [0.15, 0.2) is 9.84 Å². The highest BCUT2D eigenvalue weighted by atomic mass is 32.2. The molecule has 0 atom stereocenters. The molecule has 3 nitrogen and oxygen atoms in total. The van der Waals surface area contributed by atoms with Gasteiger partial charge in [0.1, 0.15) is 0 Å². The minimum Gasteiger partial charge on any atom is -0.297 e. The summed E-state index contributed by atoms with van der Waals surface area (Å²) in [6.07, 6.45) is 0. The Hall–Kier alpha value is -0.870. The van der Waals surface area contributed by atoms with Crippen molar-refractivity contribution in [2.75, 3.05) is 24.6 Å². The molecule has 1 aromatic carbocycles. The highest BCUT2D eigenvalue weighted by Crippen LogP contribution is 2.10. The lowest BCUT2D eigenvalue weighted by Gasteiger charge is -2.26. The highest BCUT2D eigenvalue weighted by Gasteiger charge is 2.21. The van der Waals surface area contributed by atoms with Crippen LogP contribution >= 0.6 is 0 Å². The smallest absolute Gasteiger partial charge is 0.152 e. The van der Waals surface area contributed by atoms with E-state index in [-0.39, 0.29) is 0 Å². The van der Waals surface area contributed by atoms with E-state index in [0.717, 1.165) is 6.54 Å². The molecule has 1 heterocycles. The largest absolute Gasteiger partial charge is 0.297 e. The lowest BCUT2D eigenvalue weighted by molar-refractivity contribution is 0.287. The SMILES string of the molecule is Cc1cccc(CN2CCS(=O)(=O)CC2)c1. The summed E-state index contributed by atoms with van der Waals surface area (Å²) in [7, 11) is -2.76. The Balaban J connectivity index is 1.97. The van der Waals surface area contributed by atoms with Gasteiger partial charge in [-0.05, 0) is 12.5 Å². The van der Waals surface area contributed by atoms with Crippen LogP contribution in [0.25, 0.3) is 0 Å². The molecule has 1 aliphatic heterocycles. The van der Waals surface area contributed by atoms with Crippen LogP contribution in [0.15, 0.2) is 24.3 Å². The van der Waals surface area contributed by atoms with Crippen LogP contribution in [0.2, 0.25) is 0 Å². The maximum absolute atomic E-state index is 11.3. The standard InChI is InChI=1S/C12H17NO2S/c1-11-3-2-4-12(9-11)10-13-5-7-16(14,15)8-6-13/h2-4,9H,5-8,10H2,1H3. The van der Waals surface area contributed by atoms with Crippen molar-refractivity contribution in [3.05, 3.63) is 35.4 Å². The first-order valence-corrected chi connectivity index (χ1v) is 7.36. The summed E-state index contributed by atoms with van der Waals surface area (Å²) in [5, 5.41) is 0. The number of rotatable bonds is 2. The fourth-order valence-electron chi connectivity index (χ4n) is 1.98. The van der Waals surface area contributed by atoms with Crippen molar-refractivity contribution in [2.24, 2.45) is 0 Å². The summed E-state index contributed by atoms with van der Waals surface area (Å²) in [4.78, 5) is 2.20. The van der Waals surface area contributed by atoms with Gasteiger partial charge in [-0.2, -0.15) is 0 Å². The Kier molecular flexibility index (Phi) is 3.30. The topological polar surface area (TPSA) is 37.4 Å². The Morgan fingerprint density at radius 2 is 1.94 bits per heavy atom. The van der Waals surface area contributed by atoms with E-state index in [9.17, 15) is 8.42 Å². The maximum atomic E-state index is 11.3. The van der Waals surface area contributed by atoms with Crippen molar-refractivity contribution in [3.8, 4) is 0 Å². The average Bonchev–Trinajstić information content (AvgIpc) is 2.21. The minimum atomic E-state index is -2.76. The summed E-state index contributed by atoms with van der Waals surface area (Å²) in [6, 6.07) is 8.37. The first-order valence-electron chi connectivity index (χ1n) is 5.53. The van der Waals surface area contributed by atoms with Gasteiger partial charge in [-0.25, -0.2) is 8.42 Å². The monoisotopic (exact) mass is 239 g/mol. The molecule has 1 aliphatic rings. The molecule has 1 fully saturated rings. The molecule has 1 saturated heterocycles. The molecule has 0 unspecified atom stereocenters. The van der Waals surface area contributed by atoms with Crippen molar-refractivity contribution in [3.63, 3.8) is 0 Å². The summed E-state index contributed by atoms with van der Waals surface area (Å²) in [5.41, 5.74) is 2.52. The van der Waals surface area contributed by atoms with E-state index in [4.69, 9.17) is 0 Å². The summed E-state index contributed by atoms with van der Waals surface area (Å²) >= 11 is 0. The molecular formula is C12H17NO2S. The van der Waals surface area contributed by atoms with Gasteiger partial charge in [0.2, 0.25) is 0 Å². The second-order valence-electron chi connectivity index (χ2n) is 4.42. The maximum Gasteiger partial charge on any atom is 0.152 e. The zero-order valence-corrected chi connectivity index (χ0v) is 10.3. The van der Waals surface area contributed by atoms with Crippen LogP contribution in [0.3, 0.4) is 0 Å². The molecule has 88 valence electrons. The van der Waals surface area contributed by atoms with Gasteiger partial charge in [-0.3, -0.25) is 4.90 Å². The van der Waals surface area contributed by atoms with Crippen molar-refractivity contribution in [1.29, 1.82) is 0 Å². The third kappa shape index (κ3) is 3.06. The molecule has 2 rings (SSSR count). The molecule has 0 radical (unpaired) electrons. The van der Waals surface area contributed by atoms with E-state index in [2.05, 4.69) is 30.0 Å². The number of aryl methyl sites for hydroxylation is 1. The van der Waals surface area contributed by atoms with Crippen LogP contribution in [0, 0.1) is 6.92 Å². The molecular weight excluding hydrogens is 222 g/mol. The lowest BCUT2D eigenvalue weighted by Crippen LogP contribution is -2.39. The van der Waals surface area contributed by atoms with Crippen molar-refractivity contribution in [1.82, 2.24) is 4.90 Å². The van der Waals surface area contributed by atoms with Gasteiger partial charge in [0, 0.05) is 19.6 Å². The van der Waals surface area contributed by atoms with Crippen LogP contribution in [0.5, 0.6) is 0 Å². The predicted octanol–water partition coefficient (Wildman–Crippen LogP) is 1.23. The molecule has 0 aromatic heterocycles. The fraction of sp³-hybridized carbons (Fsp3) is 0.500. The summed E-state index contributed by atoms with van der Waals surface area (Å²) in [6.45, 7) is 4.26. The number of sulfone groups is 1. The quantitative estimate of drug-likeness (QED) is 0.779. The van der Waals surface area contributed by atoms with Gasteiger partial charge in [-0.1, -0.05) is 29.8 Å². The predicted molar refractivity (Wildman–Crippen MR) is 65.1 cm³/mol. The van der Waals surface area contributed by atoms with Crippen LogP contribution in [-0.2, 0) is 16.4 Å². The van der Waals surface area contributed by atoms with Gasteiger partial charge in [0.05, 0.1) is 11.5 Å². The molecule has 4 heteroatoms. The number of nitrogens with zero attached hydrogens (tertiary/aromatic N) is 1. The molecule has 0 bridgehead atoms. The normalized spacial score (nSPS) is 20.8. The summed E-state index contributed by atoms with van der Waals surface area (Å²) in [5.74, 6) is 0.609. The molecule has 1 aromatic rings. The van der Waals surface area contributed by atoms with Crippen molar-refractivity contribution in [2.45, 2.75) is 13.5 Å². The number of hydrogen-bond acceptors (Lipinski definition) is 3. The molecule has 0 amide bonds. The van der Waals surface area contributed by atoms with E-state index in [0.29, 0.717) is 24.6 Å². The Labute approximate surface area is 97.0 Å². The molecule has 0 saturated carbocycles. The van der Waals surface area contributed by atoms with Crippen molar-refractivity contribution >= 4 is 9.84 Å². The van der Waals surface area contributed by atoms with Crippen LogP contribution in [0.1, 0.15) is 11.1 Å².